The summed E-state index contributed by atoms with van der Waals surface area (Å²) in [7, 11) is 0. The van der Waals surface area contributed by atoms with E-state index >= 15 is 0 Å². The van der Waals surface area contributed by atoms with Gasteiger partial charge in [0.05, 0.1) is 0 Å². The van der Waals surface area contributed by atoms with Gasteiger partial charge in [0.2, 0.25) is 5.91 Å². The molecular formula is C19H25ClN2O2. The van der Waals surface area contributed by atoms with Crippen molar-refractivity contribution in [1.82, 2.24) is 10.2 Å². The lowest BCUT2D eigenvalue weighted by atomic mass is 9.75. The summed E-state index contributed by atoms with van der Waals surface area (Å²) in [6.07, 6.45) is 6.78. The lowest BCUT2D eigenvalue weighted by molar-refractivity contribution is -0.134. The minimum Gasteiger partial charge on any atom is -0.352 e. The summed E-state index contributed by atoms with van der Waals surface area (Å²) in [5.74, 6) is 1.52. The molecule has 0 spiro atoms. The van der Waals surface area contributed by atoms with Crippen molar-refractivity contribution in [3.05, 3.63) is 34.9 Å². The molecule has 2 amide bonds. The van der Waals surface area contributed by atoms with Crippen LogP contribution in [-0.4, -0.2) is 36.3 Å². The van der Waals surface area contributed by atoms with Gasteiger partial charge >= 0.3 is 0 Å². The molecule has 0 aromatic heterocycles. The summed E-state index contributed by atoms with van der Waals surface area (Å²) in [4.78, 5) is 26.4. The normalized spacial score (nSPS) is 23.5. The van der Waals surface area contributed by atoms with Crippen LogP contribution in [-0.2, 0) is 4.79 Å². The number of nitrogens with one attached hydrogen (secondary N) is 1. The van der Waals surface area contributed by atoms with Crippen molar-refractivity contribution in [1.29, 1.82) is 0 Å². The molecule has 2 fully saturated rings. The predicted octanol–water partition coefficient (Wildman–Crippen LogP) is 3.50. The van der Waals surface area contributed by atoms with Gasteiger partial charge in [-0.1, -0.05) is 30.9 Å². The van der Waals surface area contributed by atoms with Crippen molar-refractivity contribution in [3.63, 3.8) is 0 Å². The van der Waals surface area contributed by atoms with Crippen molar-refractivity contribution < 1.29 is 9.59 Å². The lowest BCUT2D eigenvalue weighted by Gasteiger charge is -2.41. The Morgan fingerprint density at radius 3 is 2.54 bits per heavy atom. The molecule has 4 nitrogen and oxygen atoms in total. The zero-order chi connectivity index (χ0) is 16.9. The SMILES string of the molecule is O=C(NCCC(=O)N1CC[C@H]2CCCC[C@H]2C1)c1ccc(Cl)cc1. The predicted molar refractivity (Wildman–Crippen MR) is 95.0 cm³/mol. The molecule has 1 aliphatic heterocycles. The van der Waals surface area contributed by atoms with Gasteiger partial charge in [-0.25, -0.2) is 0 Å². The highest BCUT2D eigenvalue weighted by molar-refractivity contribution is 6.30. The van der Waals surface area contributed by atoms with Crippen LogP contribution in [0.3, 0.4) is 0 Å². The fourth-order valence-corrected chi connectivity index (χ4v) is 4.10. The molecule has 0 bridgehead atoms. The molecule has 1 heterocycles. The Labute approximate surface area is 148 Å². The van der Waals surface area contributed by atoms with Crippen molar-refractivity contribution in [3.8, 4) is 0 Å². The summed E-state index contributed by atoms with van der Waals surface area (Å²) < 4.78 is 0. The number of fused-ring (bicyclic) bond motifs is 1. The van der Waals surface area contributed by atoms with E-state index in [1.54, 1.807) is 24.3 Å². The van der Waals surface area contributed by atoms with Crippen LogP contribution in [0.2, 0.25) is 5.02 Å². The Hall–Kier alpha value is -1.55. The first-order chi connectivity index (χ1) is 11.6. The van der Waals surface area contributed by atoms with Gasteiger partial charge < -0.3 is 10.2 Å². The van der Waals surface area contributed by atoms with E-state index in [1.165, 1.54) is 25.7 Å². The number of carbonyl (C=O) groups excluding carboxylic acids is 2. The molecule has 0 radical (unpaired) electrons. The van der Waals surface area contributed by atoms with Crippen LogP contribution in [0.4, 0.5) is 0 Å². The maximum Gasteiger partial charge on any atom is 0.251 e. The molecule has 1 saturated carbocycles. The van der Waals surface area contributed by atoms with E-state index in [2.05, 4.69) is 5.32 Å². The minimum absolute atomic E-state index is 0.162. The van der Waals surface area contributed by atoms with Gasteiger partial charge in [-0.2, -0.15) is 0 Å². The van der Waals surface area contributed by atoms with Crippen LogP contribution in [0.5, 0.6) is 0 Å². The summed E-state index contributed by atoms with van der Waals surface area (Å²) in [5.41, 5.74) is 0.565. The van der Waals surface area contributed by atoms with Crippen LogP contribution < -0.4 is 5.32 Å². The van der Waals surface area contributed by atoms with E-state index in [9.17, 15) is 9.59 Å². The van der Waals surface area contributed by atoms with Crippen LogP contribution in [0.25, 0.3) is 0 Å². The Morgan fingerprint density at radius 1 is 1.08 bits per heavy atom. The first kappa shape index (κ1) is 17.3. The van der Waals surface area contributed by atoms with Crippen LogP contribution in [0.1, 0.15) is 48.9 Å². The third-order valence-corrected chi connectivity index (χ3v) is 5.63. The Kier molecular flexibility index (Phi) is 5.77. The first-order valence-corrected chi connectivity index (χ1v) is 9.33. The van der Waals surface area contributed by atoms with E-state index < -0.39 is 0 Å². The van der Waals surface area contributed by atoms with E-state index in [0.29, 0.717) is 29.5 Å². The summed E-state index contributed by atoms with van der Waals surface area (Å²) in [5, 5.41) is 3.42. The average molecular weight is 349 g/mol. The number of nitrogens with zero attached hydrogens (tertiary/aromatic N) is 1. The Morgan fingerprint density at radius 2 is 1.79 bits per heavy atom. The van der Waals surface area contributed by atoms with Gasteiger partial charge in [-0.05, 0) is 48.9 Å². The van der Waals surface area contributed by atoms with Crippen LogP contribution in [0.15, 0.2) is 24.3 Å². The summed E-state index contributed by atoms with van der Waals surface area (Å²) in [6, 6.07) is 6.76. The monoisotopic (exact) mass is 348 g/mol. The standard InChI is InChI=1S/C19H25ClN2O2/c20-17-7-5-15(6-8-17)19(24)21-11-9-18(23)22-12-10-14-3-1-2-4-16(14)13-22/h5-8,14,16H,1-4,9-13H2,(H,21,24)/t14-,16+/m1/s1. The number of hydrogen-bond donors (Lipinski definition) is 1. The van der Waals surface area contributed by atoms with Crippen LogP contribution >= 0.6 is 11.6 Å². The second kappa shape index (κ2) is 8.02. The topological polar surface area (TPSA) is 49.4 Å². The van der Waals surface area contributed by atoms with Gasteiger partial charge in [0.15, 0.2) is 0 Å². The molecule has 3 rings (SSSR count). The molecule has 24 heavy (non-hydrogen) atoms. The molecular weight excluding hydrogens is 324 g/mol. The molecule has 1 N–H and O–H groups in total. The highest BCUT2D eigenvalue weighted by Crippen LogP contribution is 2.36. The van der Waals surface area contributed by atoms with Gasteiger partial charge in [-0.15, -0.1) is 0 Å². The minimum atomic E-state index is -0.162. The number of halogens is 1. The third-order valence-electron chi connectivity index (χ3n) is 5.37. The lowest BCUT2D eigenvalue weighted by Crippen LogP contribution is -2.45. The quantitative estimate of drug-likeness (QED) is 0.905. The number of piperidine rings is 1. The second-order valence-electron chi connectivity index (χ2n) is 6.95. The Balaban J connectivity index is 1.42. The average Bonchev–Trinajstić information content (AvgIpc) is 2.61. The maximum absolute atomic E-state index is 12.4. The molecule has 1 aliphatic carbocycles. The number of rotatable bonds is 4. The van der Waals surface area contributed by atoms with E-state index in [1.807, 2.05) is 4.90 Å². The van der Waals surface area contributed by atoms with Gasteiger partial charge in [-0.3, -0.25) is 9.59 Å². The van der Waals surface area contributed by atoms with Crippen molar-refractivity contribution in [2.24, 2.45) is 11.8 Å². The fourth-order valence-electron chi connectivity index (χ4n) is 3.97. The number of carbonyl (C=O) groups is 2. The number of hydrogen-bond acceptors (Lipinski definition) is 2. The highest BCUT2D eigenvalue weighted by atomic mass is 35.5. The number of amides is 2. The maximum atomic E-state index is 12.4. The van der Waals surface area contributed by atoms with Gasteiger partial charge in [0.1, 0.15) is 0 Å². The number of benzene rings is 1. The van der Waals surface area contributed by atoms with Crippen molar-refractivity contribution in [2.75, 3.05) is 19.6 Å². The molecule has 1 saturated heterocycles. The van der Waals surface area contributed by atoms with Crippen molar-refractivity contribution >= 4 is 23.4 Å². The third kappa shape index (κ3) is 4.29. The highest BCUT2D eigenvalue weighted by Gasteiger charge is 2.32. The fraction of sp³-hybridized carbons (Fsp3) is 0.579. The molecule has 130 valence electrons. The molecule has 1 aromatic carbocycles. The van der Waals surface area contributed by atoms with Crippen LogP contribution in [0, 0.1) is 11.8 Å². The van der Waals surface area contributed by atoms with E-state index in [4.69, 9.17) is 11.6 Å². The van der Waals surface area contributed by atoms with E-state index in [0.717, 1.165) is 25.4 Å². The zero-order valence-corrected chi connectivity index (χ0v) is 14.7. The Bertz CT molecular complexity index is 588. The van der Waals surface area contributed by atoms with E-state index in [-0.39, 0.29) is 11.8 Å². The second-order valence-corrected chi connectivity index (χ2v) is 7.38. The number of likely N-dealkylation sites (tertiary alicyclic amines) is 1. The largest absolute Gasteiger partial charge is 0.352 e. The smallest absolute Gasteiger partial charge is 0.251 e. The molecule has 0 unspecified atom stereocenters. The molecule has 2 atom stereocenters. The first-order valence-electron chi connectivity index (χ1n) is 8.95. The summed E-state index contributed by atoms with van der Waals surface area (Å²) >= 11 is 5.81. The molecule has 2 aliphatic rings. The zero-order valence-electron chi connectivity index (χ0n) is 14.0. The molecule has 1 aromatic rings. The molecule has 5 heteroatoms. The van der Waals surface area contributed by atoms with Gasteiger partial charge in [0, 0.05) is 36.6 Å². The van der Waals surface area contributed by atoms with Gasteiger partial charge in [0.25, 0.3) is 5.91 Å². The van der Waals surface area contributed by atoms with Crippen molar-refractivity contribution in [2.45, 2.75) is 38.5 Å². The summed E-state index contributed by atoms with van der Waals surface area (Å²) in [6.45, 7) is 2.17.